The Bertz CT molecular complexity index is 1090. The highest BCUT2D eigenvalue weighted by Gasteiger charge is 2.43. The summed E-state index contributed by atoms with van der Waals surface area (Å²) in [5.41, 5.74) is 3.30. The Morgan fingerprint density at radius 3 is 2.43 bits per heavy atom. The number of pyridine rings is 2. The number of benzene rings is 1. The molecule has 6 heteroatoms. The Morgan fingerprint density at radius 1 is 1.03 bits per heavy atom. The Hall–Kier alpha value is -3.80. The van der Waals surface area contributed by atoms with Crippen molar-refractivity contribution in [2.24, 2.45) is 0 Å². The molecule has 0 radical (unpaired) electrons. The van der Waals surface area contributed by atoms with Crippen molar-refractivity contribution in [2.45, 2.75) is 19.4 Å². The molecule has 0 saturated carbocycles. The molecular weight excluding hydrogens is 378 g/mol. The first-order valence-electron chi connectivity index (χ1n) is 9.70. The highest BCUT2D eigenvalue weighted by atomic mass is 16.3. The first kappa shape index (κ1) is 19.5. The van der Waals surface area contributed by atoms with Crippen LogP contribution in [-0.2, 0) is 11.2 Å². The number of amides is 1. The van der Waals surface area contributed by atoms with Gasteiger partial charge in [0.05, 0.1) is 11.6 Å². The minimum absolute atomic E-state index is 0.0984. The van der Waals surface area contributed by atoms with Crippen molar-refractivity contribution in [2.75, 3.05) is 6.54 Å². The summed E-state index contributed by atoms with van der Waals surface area (Å²) in [5, 5.41) is 10.7. The summed E-state index contributed by atoms with van der Waals surface area (Å²) in [6.45, 7) is 2.32. The number of hydrogen-bond acceptors (Lipinski definition) is 5. The number of aliphatic hydroxyl groups excluding tert-OH is 1. The molecule has 3 aromatic rings. The lowest BCUT2D eigenvalue weighted by atomic mass is 9.92. The van der Waals surface area contributed by atoms with Gasteiger partial charge in [-0.2, -0.15) is 0 Å². The second-order valence-electron chi connectivity index (χ2n) is 7.25. The molecule has 30 heavy (non-hydrogen) atoms. The van der Waals surface area contributed by atoms with Crippen molar-refractivity contribution < 1.29 is 14.7 Å². The van der Waals surface area contributed by atoms with Crippen LogP contribution < -0.4 is 0 Å². The summed E-state index contributed by atoms with van der Waals surface area (Å²) >= 11 is 0. The van der Waals surface area contributed by atoms with Gasteiger partial charge in [-0.05, 0) is 42.7 Å². The van der Waals surface area contributed by atoms with Crippen molar-refractivity contribution in [3.05, 3.63) is 107 Å². The molecule has 0 aliphatic carbocycles. The van der Waals surface area contributed by atoms with Crippen LogP contribution in [-0.4, -0.2) is 38.2 Å². The summed E-state index contributed by atoms with van der Waals surface area (Å²) in [6.07, 6.45) is 7.04. The van der Waals surface area contributed by atoms with E-state index in [1.807, 2.05) is 43.3 Å². The predicted molar refractivity (Wildman–Crippen MR) is 112 cm³/mol. The third kappa shape index (κ3) is 3.72. The molecule has 0 saturated heterocycles. The summed E-state index contributed by atoms with van der Waals surface area (Å²) in [5.74, 6) is -1.41. The van der Waals surface area contributed by atoms with Crippen LogP contribution in [0.15, 0.2) is 84.7 Å². The Labute approximate surface area is 174 Å². The molecule has 1 unspecified atom stereocenters. The number of aryl methyl sites for hydroxylation is 1. The van der Waals surface area contributed by atoms with Gasteiger partial charge in [0.1, 0.15) is 0 Å². The van der Waals surface area contributed by atoms with Crippen LogP contribution in [0.2, 0.25) is 0 Å². The van der Waals surface area contributed by atoms with Gasteiger partial charge in [-0.15, -0.1) is 0 Å². The van der Waals surface area contributed by atoms with Gasteiger partial charge in [0.15, 0.2) is 11.5 Å². The van der Waals surface area contributed by atoms with E-state index in [1.54, 1.807) is 29.4 Å². The molecule has 2 aromatic heterocycles. The van der Waals surface area contributed by atoms with Crippen molar-refractivity contribution >= 4 is 11.7 Å². The second kappa shape index (κ2) is 8.29. The molecule has 1 atom stereocenters. The molecule has 1 aliphatic rings. The van der Waals surface area contributed by atoms with Gasteiger partial charge in [0.2, 0.25) is 0 Å². The molecule has 1 N–H and O–H groups in total. The maximum Gasteiger partial charge on any atom is 0.290 e. The number of nitrogens with zero attached hydrogens (tertiary/aromatic N) is 3. The van der Waals surface area contributed by atoms with Gasteiger partial charge in [-0.1, -0.05) is 35.9 Å². The molecular formula is C24H21N3O3. The van der Waals surface area contributed by atoms with Crippen LogP contribution in [0.4, 0.5) is 0 Å². The monoisotopic (exact) mass is 399 g/mol. The first-order valence-corrected chi connectivity index (χ1v) is 9.70. The van der Waals surface area contributed by atoms with Gasteiger partial charge >= 0.3 is 0 Å². The quantitative estimate of drug-likeness (QED) is 0.640. The number of carbonyl (C=O) groups excluding carboxylic acids is 2. The second-order valence-corrected chi connectivity index (χ2v) is 7.25. The maximum absolute atomic E-state index is 13.2. The molecule has 0 fully saturated rings. The van der Waals surface area contributed by atoms with E-state index in [1.165, 1.54) is 12.4 Å². The average molecular weight is 399 g/mol. The van der Waals surface area contributed by atoms with Gasteiger partial charge in [-0.25, -0.2) is 0 Å². The molecule has 1 aromatic carbocycles. The topological polar surface area (TPSA) is 83.4 Å². The van der Waals surface area contributed by atoms with Crippen molar-refractivity contribution in [3.8, 4) is 0 Å². The van der Waals surface area contributed by atoms with Gasteiger partial charge < -0.3 is 10.0 Å². The van der Waals surface area contributed by atoms with E-state index < -0.39 is 17.7 Å². The van der Waals surface area contributed by atoms with E-state index in [2.05, 4.69) is 9.97 Å². The highest BCUT2D eigenvalue weighted by molar-refractivity contribution is 6.16. The summed E-state index contributed by atoms with van der Waals surface area (Å²) < 4.78 is 0. The van der Waals surface area contributed by atoms with E-state index in [0.29, 0.717) is 18.5 Å². The molecule has 150 valence electrons. The molecule has 6 nitrogen and oxygen atoms in total. The number of aliphatic hydroxyl groups is 1. The normalized spacial score (nSPS) is 16.2. The van der Waals surface area contributed by atoms with Gasteiger partial charge in [-0.3, -0.25) is 19.6 Å². The number of ketones is 1. The Morgan fingerprint density at radius 2 is 1.77 bits per heavy atom. The highest BCUT2D eigenvalue weighted by Crippen LogP contribution is 2.39. The molecule has 1 aliphatic heterocycles. The van der Waals surface area contributed by atoms with E-state index >= 15 is 0 Å². The van der Waals surface area contributed by atoms with Crippen LogP contribution in [0.3, 0.4) is 0 Å². The third-order valence-corrected chi connectivity index (χ3v) is 5.25. The largest absolute Gasteiger partial charge is 0.503 e. The summed E-state index contributed by atoms with van der Waals surface area (Å²) in [6, 6.07) is 13.9. The lowest BCUT2D eigenvalue weighted by Crippen LogP contribution is -2.33. The summed E-state index contributed by atoms with van der Waals surface area (Å²) in [4.78, 5) is 35.8. The zero-order chi connectivity index (χ0) is 21.1. The molecule has 1 amide bonds. The fourth-order valence-electron chi connectivity index (χ4n) is 3.67. The maximum atomic E-state index is 13.2. The van der Waals surface area contributed by atoms with E-state index in [4.69, 9.17) is 0 Å². The standard InChI is InChI=1S/C24H21N3O3/c1-16-4-6-18(7-5-16)21-20(22(28)19-8-12-25-13-9-19)23(29)24(30)27(21)14-10-17-3-2-11-26-15-17/h2-9,11-13,15,21,29H,10,14H2,1H3. The Kier molecular flexibility index (Phi) is 5.39. The zero-order valence-electron chi connectivity index (χ0n) is 16.5. The minimum atomic E-state index is -0.657. The van der Waals surface area contributed by atoms with Crippen molar-refractivity contribution in [1.82, 2.24) is 14.9 Å². The van der Waals surface area contributed by atoms with E-state index in [-0.39, 0.29) is 11.4 Å². The summed E-state index contributed by atoms with van der Waals surface area (Å²) in [7, 11) is 0. The number of carbonyl (C=O) groups is 2. The van der Waals surface area contributed by atoms with Crippen LogP contribution in [0, 0.1) is 6.92 Å². The number of rotatable bonds is 6. The van der Waals surface area contributed by atoms with Crippen molar-refractivity contribution in [3.63, 3.8) is 0 Å². The average Bonchev–Trinajstić information content (AvgIpc) is 3.04. The van der Waals surface area contributed by atoms with Crippen molar-refractivity contribution in [1.29, 1.82) is 0 Å². The SMILES string of the molecule is Cc1ccc(C2C(C(=O)c3ccncc3)=C(O)C(=O)N2CCc2cccnc2)cc1. The first-order chi connectivity index (χ1) is 14.6. The van der Waals surface area contributed by atoms with Crippen LogP contribution >= 0.6 is 0 Å². The van der Waals surface area contributed by atoms with Crippen LogP contribution in [0.1, 0.15) is 33.1 Å². The fourth-order valence-corrected chi connectivity index (χ4v) is 3.67. The third-order valence-electron chi connectivity index (χ3n) is 5.25. The number of hydrogen-bond donors (Lipinski definition) is 1. The molecule has 0 spiro atoms. The van der Waals surface area contributed by atoms with E-state index in [9.17, 15) is 14.7 Å². The van der Waals surface area contributed by atoms with Crippen LogP contribution in [0.5, 0.6) is 0 Å². The smallest absolute Gasteiger partial charge is 0.290 e. The molecule has 3 heterocycles. The Balaban J connectivity index is 1.72. The van der Waals surface area contributed by atoms with E-state index in [0.717, 1.165) is 16.7 Å². The number of aromatic nitrogens is 2. The fraction of sp³-hybridized carbons (Fsp3) is 0.167. The lowest BCUT2D eigenvalue weighted by Gasteiger charge is -2.27. The predicted octanol–water partition coefficient (Wildman–Crippen LogP) is 3.61. The van der Waals surface area contributed by atoms with Crippen LogP contribution in [0.25, 0.3) is 0 Å². The lowest BCUT2D eigenvalue weighted by molar-refractivity contribution is -0.129. The number of Topliss-reactive ketones (excluding diaryl/α,β-unsaturated/α-hetero) is 1. The molecule has 4 rings (SSSR count). The molecule has 0 bridgehead atoms. The van der Waals surface area contributed by atoms with Gasteiger partial charge in [0, 0.05) is 36.9 Å². The zero-order valence-corrected chi connectivity index (χ0v) is 16.5. The van der Waals surface area contributed by atoms with Gasteiger partial charge in [0.25, 0.3) is 5.91 Å². The minimum Gasteiger partial charge on any atom is -0.503 e.